The fourth-order valence-corrected chi connectivity index (χ4v) is 2.34. The summed E-state index contributed by atoms with van der Waals surface area (Å²) >= 11 is 0. The van der Waals surface area contributed by atoms with Crippen molar-refractivity contribution in [2.24, 2.45) is 11.8 Å². The highest BCUT2D eigenvalue weighted by molar-refractivity contribution is 5.70. The van der Waals surface area contributed by atoms with Crippen LogP contribution in [-0.2, 0) is 4.79 Å². The number of carboxylic acid groups (broad SMARTS) is 1. The van der Waals surface area contributed by atoms with E-state index in [-0.39, 0.29) is 5.92 Å². The molecule has 2 atom stereocenters. The summed E-state index contributed by atoms with van der Waals surface area (Å²) in [6.07, 6.45) is 3.64. The van der Waals surface area contributed by atoms with Crippen molar-refractivity contribution in [3.05, 3.63) is 0 Å². The van der Waals surface area contributed by atoms with Gasteiger partial charge in [0.2, 0.25) is 0 Å². The molecule has 0 saturated carbocycles. The highest BCUT2D eigenvalue weighted by Gasteiger charge is 2.36. The molecule has 1 fully saturated rings. The van der Waals surface area contributed by atoms with E-state index in [1.807, 2.05) is 6.92 Å². The van der Waals surface area contributed by atoms with Gasteiger partial charge in [-0.2, -0.15) is 0 Å². The topological polar surface area (TPSA) is 40.5 Å². The van der Waals surface area contributed by atoms with Crippen LogP contribution in [0.3, 0.4) is 0 Å². The van der Waals surface area contributed by atoms with Gasteiger partial charge in [-0.05, 0) is 18.8 Å². The molecule has 1 rings (SSSR count). The third kappa shape index (κ3) is 2.94. The summed E-state index contributed by atoms with van der Waals surface area (Å²) in [7, 11) is 0. The average molecular weight is 213 g/mol. The van der Waals surface area contributed by atoms with Crippen molar-refractivity contribution in [1.29, 1.82) is 0 Å². The second kappa shape index (κ2) is 5.50. The van der Waals surface area contributed by atoms with Gasteiger partial charge in [0.15, 0.2) is 0 Å². The maximum atomic E-state index is 10.8. The molecule has 0 amide bonds. The van der Waals surface area contributed by atoms with Crippen molar-refractivity contribution < 1.29 is 9.90 Å². The van der Waals surface area contributed by atoms with Crippen molar-refractivity contribution in [3.8, 4) is 0 Å². The Morgan fingerprint density at radius 3 is 2.47 bits per heavy atom. The van der Waals surface area contributed by atoms with Crippen LogP contribution in [0.4, 0.5) is 0 Å². The van der Waals surface area contributed by atoms with Crippen LogP contribution in [0.1, 0.15) is 40.0 Å². The van der Waals surface area contributed by atoms with Crippen molar-refractivity contribution in [1.82, 2.24) is 4.90 Å². The lowest BCUT2D eigenvalue weighted by Crippen LogP contribution is -2.55. The predicted octanol–water partition coefficient (Wildman–Crippen LogP) is 2.22. The van der Waals surface area contributed by atoms with Crippen LogP contribution >= 0.6 is 0 Å². The summed E-state index contributed by atoms with van der Waals surface area (Å²) in [5.41, 5.74) is 0. The van der Waals surface area contributed by atoms with E-state index in [0.29, 0.717) is 12.0 Å². The molecule has 1 aliphatic heterocycles. The second-order valence-corrected chi connectivity index (χ2v) is 4.69. The summed E-state index contributed by atoms with van der Waals surface area (Å²) in [6.45, 7) is 8.21. The number of rotatable bonds is 6. The third-order valence-corrected chi connectivity index (χ3v) is 3.64. The standard InChI is InChI=1S/C12H23NO2/c1-4-6-11(5-2)13-7-10(8-13)9(3)12(14)15/h9-11H,4-8H2,1-3H3,(H,14,15). The van der Waals surface area contributed by atoms with Gasteiger partial charge in [-0.1, -0.05) is 27.2 Å². The Hall–Kier alpha value is -0.570. The van der Waals surface area contributed by atoms with Crippen molar-refractivity contribution >= 4 is 5.97 Å². The van der Waals surface area contributed by atoms with Gasteiger partial charge >= 0.3 is 5.97 Å². The molecule has 3 heteroatoms. The Labute approximate surface area is 92.5 Å². The number of nitrogens with zero attached hydrogens (tertiary/aromatic N) is 1. The van der Waals surface area contributed by atoms with Crippen LogP contribution < -0.4 is 0 Å². The van der Waals surface area contributed by atoms with Crippen LogP contribution in [0.15, 0.2) is 0 Å². The fourth-order valence-electron chi connectivity index (χ4n) is 2.34. The molecule has 0 aliphatic carbocycles. The van der Waals surface area contributed by atoms with Gasteiger partial charge in [0.1, 0.15) is 0 Å². The van der Waals surface area contributed by atoms with Gasteiger partial charge in [0.25, 0.3) is 0 Å². The molecule has 1 heterocycles. The van der Waals surface area contributed by atoms with Crippen molar-refractivity contribution in [3.63, 3.8) is 0 Å². The molecule has 0 aromatic heterocycles. The minimum absolute atomic E-state index is 0.180. The minimum atomic E-state index is -0.650. The van der Waals surface area contributed by atoms with Gasteiger partial charge in [-0.15, -0.1) is 0 Å². The number of hydrogen-bond donors (Lipinski definition) is 1. The van der Waals surface area contributed by atoms with Crippen LogP contribution in [0, 0.1) is 11.8 Å². The molecular formula is C12H23NO2. The molecule has 1 saturated heterocycles. The molecule has 88 valence electrons. The maximum absolute atomic E-state index is 10.8. The number of carboxylic acids is 1. The van der Waals surface area contributed by atoms with Crippen LogP contribution in [0.5, 0.6) is 0 Å². The molecule has 3 nitrogen and oxygen atoms in total. The second-order valence-electron chi connectivity index (χ2n) is 4.69. The molecule has 15 heavy (non-hydrogen) atoms. The average Bonchev–Trinajstić information content (AvgIpc) is 2.13. The lowest BCUT2D eigenvalue weighted by Gasteiger charge is -2.45. The first-order valence-corrected chi connectivity index (χ1v) is 6.06. The van der Waals surface area contributed by atoms with Gasteiger partial charge in [0.05, 0.1) is 5.92 Å². The maximum Gasteiger partial charge on any atom is 0.306 e. The zero-order valence-electron chi connectivity index (χ0n) is 10.1. The van der Waals surface area contributed by atoms with E-state index in [2.05, 4.69) is 18.7 Å². The Kier molecular flexibility index (Phi) is 4.58. The zero-order chi connectivity index (χ0) is 11.4. The Balaban J connectivity index is 2.32. The minimum Gasteiger partial charge on any atom is -0.481 e. The van der Waals surface area contributed by atoms with E-state index in [1.165, 1.54) is 19.3 Å². The first-order chi connectivity index (χ1) is 7.10. The number of likely N-dealkylation sites (tertiary alicyclic amines) is 1. The van der Waals surface area contributed by atoms with Gasteiger partial charge in [-0.25, -0.2) is 0 Å². The highest BCUT2D eigenvalue weighted by atomic mass is 16.4. The molecule has 1 aliphatic rings. The summed E-state index contributed by atoms with van der Waals surface area (Å²) in [5.74, 6) is -0.461. The molecule has 2 unspecified atom stereocenters. The van der Waals surface area contributed by atoms with Crippen molar-refractivity contribution in [2.45, 2.75) is 46.1 Å². The quantitative estimate of drug-likeness (QED) is 0.735. The largest absolute Gasteiger partial charge is 0.481 e. The normalized spacial score (nSPS) is 22.1. The summed E-state index contributed by atoms with van der Waals surface area (Å²) in [6, 6.07) is 0.673. The first-order valence-electron chi connectivity index (χ1n) is 6.06. The molecular weight excluding hydrogens is 190 g/mol. The van der Waals surface area contributed by atoms with Crippen LogP contribution in [0.2, 0.25) is 0 Å². The molecule has 0 aromatic rings. The summed E-state index contributed by atoms with van der Waals surface area (Å²) in [5, 5.41) is 8.88. The SMILES string of the molecule is CCCC(CC)N1CC(C(C)C(=O)O)C1. The summed E-state index contributed by atoms with van der Waals surface area (Å²) < 4.78 is 0. The molecule has 0 bridgehead atoms. The van der Waals surface area contributed by atoms with E-state index in [9.17, 15) is 4.79 Å². The number of hydrogen-bond acceptors (Lipinski definition) is 2. The first kappa shape index (κ1) is 12.5. The van der Waals surface area contributed by atoms with Crippen LogP contribution in [-0.4, -0.2) is 35.1 Å². The van der Waals surface area contributed by atoms with E-state index in [0.717, 1.165) is 13.1 Å². The lowest BCUT2D eigenvalue weighted by atomic mass is 9.85. The fraction of sp³-hybridized carbons (Fsp3) is 0.917. The molecule has 0 spiro atoms. The predicted molar refractivity (Wildman–Crippen MR) is 60.8 cm³/mol. The van der Waals surface area contributed by atoms with Gasteiger partial charge in [-0.3, -0.25) is 9.69 Å². The van der Waals surface area contributed by atoms with E-state index in [4.69, 9.17) is 5.11 Å². The Bertz CT molecular complexity index is 212. The van der Waals surface area contributed by atoms with Gasteiger partial charge < -0.3 is 5.11 Å². The Morgan fingerprint density at radius 2 is 2.07 bits per heavy atom. The number of aliphatic carboxylic acids is 1. The monoisotopic (exact) mass is 213 g/mol. The van der Waals surface area contributed by atoms with E-state index in [1.54, 1.807) is 0 Å². The van der Waals surface area contributed by atoms with Crippen molar-refractivity contribution in [2.75, 3.05) is 13.1 Å². The zero-order valence-corrected chi connectivity index (χ0v) is 10.1. The highest BCUT2D eigenvalue weighted by Crippen LogP contribution is 2.28. The molecule has 1 N–H and O–H groups in total. The molecule has 0 aromatic carbocycles. The van der Waals surface area contributed by atoms with E-state index < -0.39 is 5.97 Å². The lowest BCUT2D eigenvalue weighted by molar-refractivity contribution is -0.146. The summed E-state index contributed by atoms with van der Waals surface area (Å²) in [4.78, 5) is 13.2. The molecule has 0 radical (unpaired) electrons. The Morgan fingerprint density at radius 1 is 1.47 bits per heavy atom. The van der Waals surface area contributed by atoms with E-state index >= 15 is 0 Å². The van der Waals surface area contributed by atoms with Crippen LogP contribution in [0.25, 0.3) is 0 Å². The smallest absolute Gasteiger partial charge is 0.306 e. The number of carbonyl (C=O) groups is 1. The third-order valence-electron chi connectivity index (χ3n) is 3.64. The van der Waals surface area contributed by atoms with Gasteiger partial charge in [0, 0.05) is 19.1 Å².